The number of ether oxygens (including phenoxy) is 1. The number of likely N-dealkylation sites (N-methyl/N-ethyl adjacent to an activating group) is 2. The fraction of sp³-hybridized carbons (Fsp3) is 0.571. The van der Waals surface area contributed by atoms with E-state index in [0.29, 0.717) is 35.2 Å². The fourth-order valence-corrected chi connectivity index (χ4v) is 4.83. The Morgan fingerprint density at radius 3 is 2.64 bits per heavy atom. The molecule has 12 heteroatoms. The molecule has 33 heavy (non-hydrogen) atoms. The Balaban J connectivity index is 1.50. The molecular formula is C21H34ClN7O3S. The quantitative estimate of drug-likeness (QED) is 0.394. The second-order valence-corrected chi connectivity index (χ2v) is 10.2. The molecule has 2 atom stereocenters. The number of nitrogens with zero attached hydrogens (tertiary/aromatic N) is 4. The third-order valence-electron chi connectivity index (χ3n) is 5.59. The van der Waals surface area contributed by atoms with Crippen molar-refractivity contribution in [1.29, 1.82) is 0 Å². The highest BCUT2D eigenvalue weighted by molar-refractivity contribution is 7.82. The van der Waals surface area contributed by atoms with E-state index in [2.05, 4.69) is 20.4 Å². The van der Waals surface area contributed by atoms with Crippen molar-refractivity contribution in [3.8, 4) is 0 Å². The van der Waals surface area contributed by atoms with Crippen LogP contribution in [0.3, 0.4) is 0 Å². The van der Waals surface area contributed by atoms with Crippen LogP contribution < -0.4 is 21.3 Å². The van der Waals surface area contributed by atoms with Crippen LogP contribution in [0.25, 0.3) is 0 Å². The molecule has 0 bridgehead atoms. The molecule has 4 N–H and O–H groups in total. The summed E-state index contributed by atoms with van der Waals surface area (Å²) in [5, 5.41) is 6.62. The van der Waals surface area contributed by atoms with E-state index in [9.17, 15) is 9.00 Å². The molecule has 0 aromatic heterocycles. The second-order valence-electron chi connectivity index (χ2n) is 8.25. The molecule has 1 saturated heterocycles. The molecule has 1 fully saturated rings. The molecule has 0 spiro atoms. The van der Waals surface area contributed by atoms with E-state index in [0.717, 1.165) is 38.4 Å². The number of anilines is 2. The Labute approximate surface area is 203 Å². The van der Waals surface area contributed by atoms with Crippen molar-refractivity contribution in [3.63, 3.8) is 0 Å². The largest absolute Gasteiger partial charge is 0.463 e. The van der Waals surface area contributed by atoms with Gasteiger partial charge in [0.2, 0.25) is 6.35 Å². The number of halogens is 1. The summed E-state index contributed by atoms with van der Waals surface area (Å²) in [7, 11) is 4.76. The van der Waals surface area contributed by atoms with E-state index >= 15 is 0 Å². The van der Waals surface area contributed by atoms with Gasteiger partial charge in [-0.25, -0.2) is 8.51 Å². The molecule has 2 unspecified atom stereocenters. The topological polar surface area (TPSA) is 106 Å². The lowest BCUT2D eigenvalue weighted by Gasteiger charge is -2.35. The predicted molar refractivity (Wildman–Crippen MR) is 133 cm³/mol. The van der Waals surface area contributed by atoms with E-state index < -0.39 is 17.3 Å². The molecule has 10 nitrogen and oxygen atoms in total. The van der Waals surface area contributed by atoms with Crippen molar-refractivity contribution in [2.24, 2.45) is 5.73 Å². The Bertz CT molecular complexity index is 877. The van der Waals surface area contributed by atoms with Gasteiger partial charge in [-0.05, 0) is 32.3 Å². The predicted octanol–water partition coefficient (Wildman–Crippen LogP) is 0.261. The van der Waals surface area contributed by atoms with Gasteiger partial charge in [0, 0.05) is 58.5 Å². The minimum absolute atomic E-state index is 0.330. The van der Waals surface area contributed by atoms with Crippen molar-refractivity contribution in [1.82, 2.24) is 19.4 Å². The van der Waals surface area contributed by atoms with E-state index in [-0.39, 0.29) is 5.91 Å². The maximum absolute atomic E-state index is 12.6. The minimum atomic E-state index is -0.996. The third-order valence-corrected chi connectivity index (χ3v) is 7.42. The zero-order valence-corrected chi connectivity index (χ0v) is 21.0. The molecule has 1 aromatic rings. The van der Waals surface area contributed by atoms with Crippen molar-refractivity contribution < 1.29 is 13.7 Å². The summed E-state index contributed by atoms with van der Waals surface area (Å²) in [6.07, 6.45) is 0.665. The molecule has 1 aromatic carbocycles. The SMILES string of the molecule is CN(C)CCNCCS(=O)N1CCN(c2ccc(Cl)c(NC(=O)C3=COC(N)N3C)c2)CC1. The maximum Gasteiger partial charge on any atom is 0.275 e. The molecular weight excluding hydrogens is 466 g/mol. The summed E-state index contributed by atoms with van der Waals surface area (Å²) < 4.78 is 19.8. The van der Waals surface area contributed by atoms with E-state index in [4.69, 9.17) is 22.1 Å². The van der Waals surface area contributed by atoms with Crippen LogP contribution in [0.5, 0.6) is 0 Å². The van der Waals surface area contributed by atoms with E-state index in [1.165, 1.54) is 6.26 Å². The minimum Gasteiger partial charge on any atom is -0.463 e. The summed E-state index contributed by atoms with van der Waals surface area (Å²) in [6.45, 7) is 5.49. The molecule has 2 heterocycles. The van der Waals surface area contributed by atoms with Gasteiger partial charge in [0.15, 0.2) is 0 Å². The Morgan fingerprint density at radius 2 is 2.00 bits per heavy atom. The smallest absolute Gasteiger partial charge is 0.275 e. The average Bonchev–Trinajstić information content (AvgIpc) is 3.13. The number of benzene rings is 1. The van der Waals surface area contributed by atoms with Gasteiger partial charge in [-0.15, -0.1) is 0 Å². The normalized spacial score (nSPS) is 20.1. The number of amides is 1. The molecule has 2 aliphatic heterocycles. The Morgan fingerprint density at radius 1 is 1.27 bits per heavy atom. The third kappa shape index (κ3) is 7.05. The maximum atomic E-state index is 12.6. The lowest BCUT2D eigenvalue weighted by molar-refractivity contribution is -0.114. The summed E-state index contributed by atoms with van der Waals surface area (Å²) in [4.78, 5) is 18.5. The standard InChI is InChI=1S/C21H34ClN7O3S/c1-26(2)8-6-24-7-13-33(31)29-11-9-28(10-12-29)16-4-5-17(22)18(14-16)25-20(30)19-15-32-21(23)27(19)3/h4-5,14-15,21,24H,6-13,23H2,1-3H3,(H,25,30). The number of hydrogen-bond acceptors (Lipinski definition) is 8. The number of piperazine rings is 1. The molecule has 0 aliphatic carbocycles. The van der Waals surface area contributed by atoms with Gasteiger partial charge < -0.3 is 30.1 Å². The van der Waals surface area contributed by atoms with E-state index in [1.54, 1.807) is 18.0 Å². The number of carbonyl (C=O) groups excluding carboxylic acids is 1. The summed E-state index contributed by atoms with van der Waals surface area (Å²) in [5.74, 6) is 0.270. The molecule has 184 valence electrons. The first-order chi connectivity index (χ1) is 15.8. The van der Waals surface area contributed by atoms with Crippen molar-refractivity contribution in [2.45, 2.75) is 6.35 Å². The van der Waals surface area contributed by atoms with Gasteiger partial charge in [0.1, 0.15) is 12.0 Å². The fourth-order valence-electron chi connectivity index (χ4n) is 3.52. The second kappa shape index (κ2) is 12.0. The monoisotopic (exact) mass is 499 g/mol. The first kappa shape index (κ1) is 25.7. The summed E-state index contributed by atoms with van der Waals surface area (Å²) in [5.41, 5.74) is 7.54. The first-order valence-electron chi connectivity index (χ1n) is 10.9. The van der Waals surface area contributed by atoms with Crippen LogP contribution in [0.2, 0.25) is 5.02 Å². The molecule has 0 radical (unpaired) electrons. The Hall–Kier alpha value is -1.89. The highest BCUT2D eigenvalue weighted by Crippen LogP contribution is 2.29. The van der Waals surface area contributed by atoms with Crippen molar-refractivity contribution in [3.05, 3.63) is 35.2 Å². The zero-order valence-electron chi connectivity index (χ0n) is 19.4. The van der Waals surface area contributed by atoms with Crippen molar-refractivity contribution in [2.75, 3.05) is 82.9 Å². The lowest BCUT2D eigenvalue weighted by Crippen LogP contribution is -2.48. The number of carbonyl (C=O) groups is 1. The van der Waals surface area contributed by atoms with Crippen LogP contribution in [-0.4, -0.2) is 103 Å². The zero-order chi connectivity index (χ0) is 24.0. The van der Waals surface area contributed by atoms with Crippen LogP contribution in [-0.2, 0) is 20.5 Å². The van der Waals surface area contributed by atoms with Gasteiger partial charge in [0.25, 0.3) is 5.91 Å². The van der Waals surface area contributed by atoms with Crippen LogP contribution in [0, 0.1) is 0 Å². The average molecular weight is 500 g/mol. The molecule has 3 rings (SSSR count). The van der Waals surface area contributed by atoms with E-state index in [1.807, 2.05) is 30.5 Å². The van der Waals surface area contributed by atoms with Gasteiger partial charge in [0.05, 0.1) is 27.4 Å². The number of nitrogens with two attached hydrogens (primary N) is 1. The lowest BCUT2D eigenvalue weighted by atomic mass is 10.2. The van der Waals surface area contributed by atoms with Gasteiger partial charge in [-0.3, -0.25) is 10.5 Å². The summed E-state index contributed by atoms with van der Waals surface area (Å²) in [6, 6.07) is 5.56. The molecule has 0 saturated carbocycles. The highest BCUT2D eigenvalue weighted by Gasteiger charge is 2.27. The van der Waals surface area contributed by atoms with Gasteiger partial charge in [-0.1, -0.05) is 11.6 Å². The van der Waals surface area contributed by atoms with Crippen LogP contribution in [0.4, 0.5) is 11.4 Å². The first-order valence-corrected chi connectivity index (χ1v) is 12.6. The Kier molecular flexibility index (Phi) is 9.36. The number of nitrogens with one attached hydrogen (secondary N) is 2. The van der Waals surface area contributed by atoms with Gasteiger partial charge in [-0.2, -0.15) is 0 Å². The van der Waals surface area contributed by atoms with Gasteiger partial charge >= 0.3 is 0 Å². The van der Waals surface area contributed by atoms with Crippen LogP contribution in [0.15, 0.2) is 30.2 Å². The van der Waals surface area contributed by atoms with Crippen LogP contribution in [0.1, 0.15) is 0 Å². The van der Waals surface area contributed by atoms with Crippen LogP contribution >= 0.6 is 11.6 Å². The number of rotatable bonds is 10. The molecule has 1 amide bonds. The number of hydrogen-bond donors (Lipinski definition) is 3. The highest BCUT2D eigenvalue weighted by atomic mass is 35.5. The van der Waals surface area contributed by atoms with Crippen molar-refractivity contribution >= 4 is 39.9 Å². The summed E-state index contributed by atoms with van der Waals surface area (Å²) >= 11 is 6.32. The molecule has 2 aliphatic rings.